The van der Waals surface area contributed by atoms with Crippen molar-refractivity contribution in [3.05, 3.63) is 107 Å². The van der Waals surface area contributed by atoms with E-state index in [1.165, 1.54) is 29.8 Å². The molecule has 0 aliphatic carbocycles. The van der Waals surface area contributed by atoms with Gasteiger partial charge < -0.3 is 15.3 Å². The van der Waals surface area contributed by atoms with Gasteiger partial charge in [-0.1, -0.05) is 54.6 Å². The topological polar surface area (TPSA) is 38.7 Å². The summed E-state index contributed by atoms with van der Waals surface area (Å²) in [6.45, 7) is 7.16. The van der Waals surface area contributed by atoms with Crippen LogP contribution < -0.4 is 5.32 Å². The third-order valence-electron chi connectivity index (χ3n) is 7.49. The summed E-state index contributed by atoms with van der Waals surface area (Å²) in [6.07, 6.45) is 3.70. The van der Waals surface area contributed by atoms with Crippen LogP contribution in [0.2, 0.25) is 0 Å². The Bertz CT molecular complexity index is 1010. The van der Waals surface area contributed by atoms with Crippen LogP contribution in [0.3, 0.4) is 0 Å². The molecular formula is C32H41F2N3O. The molecule has 204 valence electrons. The lowest BCUT2D eigenvalue weighted by atomic mass is 9.87. The highest BCUT2D eigenvalue weighted by atomic mass is 19.1. The molecule has 3 aromatic rings. The van der Waals surface area contributed by atoms with E-state index in [1.54, 1.807) is 0 Å². The Balaban J connectivity index is 1.13. The minimum absolute atomic E-state index is 0.118. The Kier molecular flexibility index (Phi) is 11.3. The van der Waals surface area contributed by atoms with Crippen LogP contribution in [0.5, 0.6) is 0 Å². The Morgan fingerprint density at radius 3 is 1.92 bits per heavy atom. The summed E-state index contributed by atoms with van der Waals surface area (Å²) >= 11 is 0. The summed E-state index contributed by atoms with van der Waals surface area (Å²) in [5.41, 5.74) is 3.48. The van der Waals surface area contributed by atoms with Gasteiger partial charge in [-0.2, -0.15) is 0 Å². The largest absolute Gasteiger partial charge is 0.390 e. The van der Waals surface area contributed by atoms with Crippen molar-refractivity contribution >= 4 is 0 Å². The van der Waals surface area contributed by atoms with E-state index in [2.05, 4.69) is 39.4 Å². The number of nitrogens with zero attached hydrogens (tertiary/aromatic N) is 2. The second kappa shape index (κ2) is 15.1. The summed E-state index contributed by atoms with van der Waals surface area (Å²) in [5, 5.41) is 13.9. The molecule has 4 rings (SSSR count). The fourth-order valence-electron chi connectivity index (χ4n) is 5.32. The SMILES string of the molecule is OC(CNCCCc1ccccc1)CN1CCN(CCCC(c2ccc(F)cc2)c2ccc(F)cc2)CC1. The van der Waals surface area contributed by atoms with E-state index in [1.807, 2.05) is 30.3 Å². The van der Waals surface area contributed by atoms with Gasteiger partial charge in [0.15, 0.2) is 0 Å². The lowest BCUT2D eigenvalue weighted by Crippen LogP contribution is -2.49. The number of hydrogen-bond donors (Lipinski definition) is 2. The fraction of sp³-hybridized carbons (Fsp3) is 0.438. The minimum atomic E-state index is -0.356. The first-order valence-corrected chi connectivity index (χ1v) is 13.9. The normalized spacial score (nSPS) is 15.7. The monoisotopic (exact) mass is 521 g/mol. The van der Waals surface area contributed by atoms with Gasteiger partial charge in [-0.25, -0.2) is 8.78 Å². The molecule has 1 atom stereocenters. The van der Waals surface area contributed by atoms with Gasteiger partial charge in [-0.05, 0) is 79.7 Å². The summed E-state index contributed by atoms with van der Waals surface area (Å²) in [4.78, 5) is 4.84. The summed E-state index contributed by atoms with van der Waals surface area (Å²) in [7, 11) is 0. The molecule has 2 N–H and O–H groups in total. The summed E-state index contributed by atoms with van der Waals surface area (Å²) in [6, 6.07) is 23.9. The highest BCUT2D eigenvalue weighted by Crippen LogP contribution is 2.30. The molecule has 6 heteroatoms. The lowest BCUT2D eigenvalue weighted by Gasteiger charge is -2.36. The number of nitrogens with one attached hydrogen (secondary N) is 1. The van der Waals surface area contributed by atoms with E-state index in [9.17, 15) is 13.9 Å². The second-order valence-corrected chi connectivity index (χ2v) is 10.4. The first-order chi connectivity index (χ1) is 18.6. The highest BCUT2D eigenvalue weighted by molar-refractivity contribution is 5.32. The Hall–Kier alpha value is -2.64. The molecular weight excluding hydrogens is 480 g/mol. The number of benzene rings is 3. The molecule has 0 saturated carbocycles. The van der Waals surface area contributed by atoms with Crippen molar-refractivity contribution in [2.45, 2.75) is 37.7 Å². The van der Waals surface area contributed by atoms with Crippen molar-refractivity contribution in [2.24, 2.45) is 0 Å². The molecule has 1 unspecified atom stereocenters. The van der Waals surface area contributed by atoms with E-state index < -0.39 is 0 Å². The zero-order chi connectivity index (χ0) is 26.6. The van der Waals surface area contributed by atoms with Gasteiger partial charge in [0.25, 0.3) is 0 Å². The molecule has 3 aromatic carbocycles. The van der Waals surface area contributed by atoms with Crippen molar-refractivity contribution < 1.29 is 13.9 Å². The molecule has 0 bridgehead atoms. The van der Waals surface area contributed by atoms with Crippen molar-refractivity contribution in [3.8, 4) is 0 Å². The lowest BCUT2D eigenvalue weighted by molar-refractivity contribution is 0.0719. The van der Waals surface area contributed by atoms with Gasteiger partial charge in [-0.3, -0.25) is 4.90 Å². The molecule has 1 fully saturated rings. The van der Waals surface area contributed by atoms with Crippen molar-refractivity contribution in [3.63, 3.8) is 0 Å². The number of halogens is 2. The van der Waals surface area contributed by atoms with Gasteiger partial charge in [-0.15, -0.1) is 0 Å². The smallest absolute Gasteiger partial charge is 0.123 e. The third kappa shape index (κ3) is 9.28. The number of aliphatic hydroxyl groups is 1. The molecule has 4 nitrogen and oxygen atoms in total. The quantitative estimate of drug-likeness (QED) is 0.290. The molecule has 0 aromatic heterocycles. The first kappa shape index (κ1) is 28.4. The number of piperazine rings is 1. The maximum absolute atomic E-state index is 13.5. The van der Waals surface area contributed by atoms with Crippen LogP contribution in [-0.4, -0.2) is 73.4 Å². The summed E-state index contributed by atoms with van der Waals surface area (Å²) in [5.74, 6) is -0.366. The number of β-amino-alcohol motifs (C(OH)–C–C–N with tert-alkyl or cyclic N) is 1. The van der Waals surface area contributed by atoms with Crippen molar-refractivity contribution in [1.82, 2.24) is 15.1 Å². The van der Waals surface area contributed by atoms with Crippen LogP contribution in [0.4, 0.5) is 8.78 Å². The van der Waals surface area contributed by atoms with Gasteiger partial charge in [0, 0.05) is 45.2 Å². The number of hydrogen-bond acceptors (Lipinski definition) is 4. The molecule has 1 aliphatic rings. The van der Waals surface area contributed by atoms with E-state index >= 15 is 0 Å². The van der Waals surface area contributed by atoms with Crippen LogP contribution in [-0.2, 0) is 6.42 Å². The van der Waals surface area contributed by atoms with Crippen molar-refractivity contribution in [2.75, 3.05) is 52.4 Å². The molecule has 0 spiro atoms. The molecule has 1 heterocycles. The first-order valence-electron chi connectivity index (χ1n) is 13.9. The minimum Gasteiger partial charge on any atom is -0.390 e. The van der Waals surface area contributed by atoms with Gasteiger partial charge in [0.05, 0.1) is 6.10 Å². The van der Waals surface area contributed by atoms with Crippen LogP contribution in [0.1, 0.15) is 41.9 Å². The molecule has 0 radical (unpaired) electrons. The van der Waals surface area contributed by atoms with E-state index in [-0.39, 0.29) is 23.7 Å². The van der Waals surface area contributed by atoms with Crippen LogP contribution in [0, 0.1) is 11.6 Å². The average molecular weight is 522 g/mol. The predicted octanol–water partition coefficient (Wildman–Crippen LogP) is 5.08. The summed E-state index contributed by atoms with van der Waals surface area (Å²) < 4.78 is 27.0. The molecule has 1 saturated heterocycles. The fourth-order valence-corrected chi connectivity index (χ4v) is 5.32. The Morgan fingerprint density at radius 1 is 0.737 bits per heavy atom. The van der Waals surface area contributed by atoms with Gasteiger partial charge in [0.1, 0.15) is 11.6 Å². The predicted molar refractivity (Wildman–Crippen MR) is 150 cm³/mol. The molecule has 1 aliphatic heterocycles. The van der Waals surface area contributed by atoms with E-state index in [4.69, 9.17) is 0 Å². The maximum atomic E-state index is 13.5. The number of aliphatic hydroxyl groups excluding tert-OH is 1. The van der Waals surface area contributed by atoms with Gasteiger partial charge >= 0.3 is 0 Å². The zero-order valence-electron chi connectivity index (χ0n) is 22.2. The van der Waals surface area contributed by atoms with Crippen LogP contribution in [0.25, 0.3) is 0 Å². The standard InChI is InChI=1S/C32H41F2N3O/c33-29-14-10-27(11-15-29)32(28-12-16-30(34)17-13-28)9-5-19-36-20-22-37(23-21-36)25-31(38)24-35-18-4-8-26-6-2-1-3-7-26/h1-3,6-7,10-17,31-32,35,38H,4-5,8-9,18-25H2. The number of rotatable bonds is 14. The Morgan fingerprint density at radius 2 is 1.32 bits per heavy atom. The van der Waals surface area contributed by atoms with E-state index in [0.717, 1.165) is 76.1 Å². The zero-order valence-corrected chi connectivity index (χ0v) is 22.2. The van der Waals surface area contributed by atoms with Crippen LogP contribution in [0.15, 0.2) is 78.9 Å². The number of aryl methyl sites for hydroxylation is 1. The maximum Gasteiger partial charge on any atom is 0.123 e. The van der Waals surface area contributed by atoms with Crippen molar-refractivity contribution in [1.29, 1.82) is 0 Å². The van der Waals surface area contributed by atoms with E-state index in [0.29, 0.717) is 13.1 Å². The highest BCUT2D eigenvalue weighted by Gasteiger charge is 2.20. The Labute approximate surface area is 226 Å². The molecule has 0 amide bonds. The average Bonchev–Trinajstić information content (AvgIpc) is 2.94. The third-order valence-corrected chi connectivity index (χ3v) is 7.49. The second-order valence-electron chi connectivity index (χ2n) is 10.4. The van der Waals surface area contributed by atoms with Crippen LogP contribution >= 0.6 is 0 Å². The van der Waals surface area contributed by atoms with Gasteiger partial charge in [0.2, 0.25) is 0 Å². The molecule has 38 heavy (non-hydrogen) atoms.